The van der Waals surface area contributed by atoms with Crippen LogP contribution in [0.15, 0.2) is 0 Å². The molecular weight excluding hydrogens is 543 g/mol. The van der Waals surface area contributed by atoms with E-state index in [4.69, 9.17) is 24.8 Å². The first-order valence-electron chi connectivity index (χ1n) is 5.73. The van der Waals surface area contributed by atoms with Crippen molar-refractivity contribution in [2.75, 3.05) is 0 Å². The Balaban J connectivity index is 1.66. The maximum absolute atomic E-state index is 11.9. The van der Waals surface area contributed by atoms with Gasteiger partial charge >= 0.3 is 132 Å². The van der Waals surface area contributed by atoms with Crippen molar-refractivity contribution < 1.29 is 44.0 Å². The molecule has 0 aromatic carbocycles. The van der Waals surface area contributed by atoms with Crippen LogP contribution in [0.25, 0.3) is 0 Å². The van der Waals surface area contributed by atoms with Crippen LogP contribution in [0.1, 0.15) is 0 Å². The Morgan fingerprint density at radius 2 is 0.727 bits per heavy atom. The molecule has 120 valence electrons. The van der Waals surface area contributed by atoms with Crippen molar-refractivity contribution in [2.45, 2.75) is 24.4 Å². The fourth-order valence-corrected chi connectivity index (χ4v) is 11.9. The van der Waals surface area contributed by atoms with Crippen molar-refractivity contribution in [3.63, 3.8) is 0 Å². The zero-order valence-corrected chi connectivity index (χ0v) is 14.7. The summed E-state index contributed by atoms with van der Waals surface area (Å²) in [7, 11) is 0. The Morgan fingerprint density at radius 3 is 0.955 bits per heavy atom. The van der Waals surface area contributed by atoms with Crippen molar-refractivity contribution in [3.8, 4) is 0 Å². The Bertz CT molecular complexity index is 548. The first-order chi connectivity index (χ1) is 10.4. The molecule has 14 heteroatoms. The molecule has 2 spiro atoms. The van der Waals surface area contributed by atoms with Crippen molar-refractivity contribution >= 4 is 63.5 Å². The van der Waals surface area contributed by atoms with Gasteiger partial charge < -0.3 is 0 Å². The molecule has 4 atom stereocenters. The van der Waals surface area contributed by atoms with E-state index in [1.54, 1.807) is 0 Å². The summed E-state index contributed by atoms with van der Waals surface area (Å²) < 4.78 is 40.9. The normalized spacial score (nSPS) is 57.1. The van der Waals surface area contributed by atoms with Gasteiger partial charge in [-0.25, -0.2) is 0 Å². The summed E-state index contributed by atoms with van der Waals surface area (Å²) in [4.78, 5) is 47.6. The maximum atomic E-state index is 11.9. The van der Waals surface area contributed by atoms with E-state index in [0.717, 1.165) is 0 Å². The van der Waals surface area contributed by atoms with E-state index in [0.29, 0.717) is 0 Å². The average Bonchev–Trinajstić information content (AvgIpc) is 3.09. The van der Waals surface area contributed by atoms with E-state index in [1.807, 2.05) is 0 Å². The van der Waals surface area contributed by atoms with E-state index < -0.39 is 87.9 Å². The summed E-state index contributed by atoms with van der Waals surface area (Å²) in [5.74, 6) is -3.89. The zero-order chi connectivity index (χ0) is 15.3. The van der Waals surface area contributed by atoms with Gasteiger partial charge in [-0.3, -0.25) is 0 Å². The molecule has 0 radical (unpaired) electrons. The molecule has 5 heterocycles. The van der Waals surface area contributed by atoms with Gasteiger partial charge in [0, 0.05) is 0 Å². The molecule has 0 saturated carbocycles. The van der Waals surface area contributed by atoms with Gasteiger partial charge in [0.1, 0.15) is 0 Å². The first kappa shape index (κ1) is 13.7. The van der Waals surface area contributed by atoms with Crippen LogP contribution in [0.3, 0.4) is 0 Å². The minimum atomic E-state index is -4.75. The Labute approximate surface area is 131 Å². The summed E-state index contributed by atoms with van der Waals surface area (Å²) in [6.45, 7) is 0. The van der Waals surface area contributed by atoms with Gasteiger partial charge in [-0.1, -0.05) is 0 Å². The molecule has 5 fully saturated rings. The summed E-state index contributed by atoms with van der Waals surface area (Å²) in [6.07, 6.45) is -6.09. The quantitative estimate of drug-likeness (QED) is 0.280. The molecule has 12 nitrogen and oxygen atoms in total. The van der Waals surface area contributed by atoms with Gasteiger partial charge in [-0.2, -0.15) is 0 Å². The van der Waals surface area contributed by atoms with Gasteiger partial charge in [0.15, 0.2) is 0 Å². The van der Waals surface area contributed by atoms with Crippen molar-refractivity contribution in [2.24, 2.45) is 0 Å². The molecule has 4 unspecified atom stereocenters. The molecule has 5 aliphatic heterocycles. The fraction of sp³-hybridized carbons (Fsp3) is 0.500. The molecule has 5 rings (SSSR count). The Morgan fingerprint density at radius 1 is 0.500 bits per heavy atom. The molecule has 5 saturated heterocycles. The topological polar surface area (TPSA) is 142 Å². The zero-order valence-electron chi connectivity index (χ0n) is 10.0. The van der Waals surface area contributed by atoms with Crippen LogP contribution < -0.4 is 0 Å². The van der Waals surface area contributed by atoms with Crippen LogP contribution in [0, 0.1) is 0 Å². The molecule has 5 aliphatic rings. The van der Waals surface area contributed by atoms with Gasteiger partial charge in [0.05, 0.1) is 0 Å². The van der Waals surface area contributed by atoms with E-state index in [2.05, 4.69) is 0 Å². The molecule has 0 aromatic rings. The number of carbonyl (C=O) groups excluding carboxylic acids is 4. The molecule has 0 aliphatic carbocycles. The van der Waals surface area contributed by atoms with Gasteiger partial charge in [0.25, 0.3) is 0 Å². The molecule has 22 heavy (non-hydrogen) atoms. The molecular formula is C8H4O12Te2. The monoisotopic (exact) mass is 552 g/mol. The summed E-state index contributed by atoms with van der Waals surface area (Å²) >= 11 is -9.50. The van der Waals surface area contributed by atoms with Crippen molar-refractivity contribution in [3.05, 3.63) is 0 Å². The van der Waals surface area contributed by atoms with Gasteiger partial charge in [0.2, 0.25) is 0 Å². The van der Waals surface area contributed by atoms with Crippen LogP contribution in [-0.2, 0) is 44.0 Å². The van der Waals surface area contributed by atoms with Crippen LogP contribution in [0.2, 0.25) is 0 Å². The van der Waals surface area contributed by atoms with E-state index >= 15 is 0 Å². The molecule has 0 aromatic heterocycles. The second-order valence-electron chi connectivity index (χ2n) is 4.49. The number of carbonyl (C=O) groups is 4. The second-order valence-corrected chi connectivity index (χ2v) is 13.3. The number of rotatable bonds is 0. The standard InChI is InChI=1S/C8H4O12Te2/c9-5-1-2-6(10)18-22(14-2)16-4(8(12)20-22)3-7(11)19-21(13-1,15-3)17-5/h1-4H. The third-order valence-corrected chi connectivity index (χ3v) is 12.4. The Kier molecular flexibility index (Phi) is 2.51. The predicted octanol–water partition coefficient (Wildman–Crippen LogP) is -3.36. The predicted molar refractivity (Wildman–Crippen MR) is 55.4 cm³/mol. The third-order valence-electron chi connectivity index (χ3n) is 3.10. The van der Waals surface area contributed by atoms with Crippen LogP contribution in [0.4, 0.5) is 0 Å². The van der Waals surface area contributed by atoms with Crippen LogP contribution in [-0.4, -0.2) is 87.9 Å². The van der Waals surface area contributed by atoms with E-state index in [9.17, 15) is 19.2 Å². The summed E-state index contributed by atoms with van der Waals surface area (Å²) in [6, 6.07) is 0. The number of fused-ring (bicyclic) bond motifs is 6. The van der Waals surface area contributed by atoms with E-state index in [-0.39, 0.29) is 0 Å². The van der Waals surface area contributed by atoms with E-state index in [1.165, 1.54) is 0 Å². The molecule has 6 bridgehead atoms. The van der Waals surface area contributed by atoms with Gasteiger partial charge in [-0.15, -0.1) is 0 Å². The third kappa shape index (κ3) is 1.61. The number of hydrogen-bond acceptors (Lipinski definition) is 12. The average molecular weight is 547 g/mol. The fourth-order valence-electron chi connectivity index (χ4n) is 2.19. The molecule has 0 amide bonds. The van der Waals surface area contributed by atoms with Crippen molar-refractivity contribution in [1.82, 2.24) is 0 Å². The van der Waals surface area contributed by atoms with Crippen LogP contribution >= 0.6 is 0 Å². The second kappa shape index (κ2) is 4.03. The SMILES string of the molecule is O=C1O[Te]23OC(=O)C(O2)C2O[Te]4(OC(=O)C(O4)C1O3)OC2=O. The van der Waals surface area contributed by atoms with Crippen molar-refractivity contribution in [1.29, 1.82) is 0 Å². The van der Waals surface area contributed by atoms with Crippen LogP contribution in [0.5, 0.6) is 0 Å². The molecule has 0 N–H and O–H groups in total. The Hall–Kier alpha value is -0.701. The first-order valence-corrected chi connectivity index (χ1v) is 13.3. The minimum absolute atomic E-state index is 0.972. The van der Waals surface area contributed by atoms with Gasteiger partial charge in [-0.05, 0) is 0 Å². The summed E-state index contributed by atoms with van der Waals surface area (Å²) in [5.41, 5.74) is 0. The number of hydrogen-bond donors (Lipinski definition) is 0. The summed E-state index contributed by atoms with van der Waals surface area (Å²) in [5, 5.41) is 0.